The van der Waals surface area contributed by atoms with Crippen LogP contribution in [0.2, 0.25) is 0 Å². The molecule has 5 nitrogen and oxygen atoms in total. The Hall–Kier alpha value is -1.90. The molecule has 0 aliphatic heterocycles. The number of nitrogens with one attached hydrogen (secondary N) is 1. The van der Waals surface area contributed by atoms with Crippen LogP contribution >= 0.6 is 0 Å². The van der Waals surface area contributed by atoms with Crippen molar-refractivity contribution < 1.29 is 14.6 Å². The van der Waals surface area contributed by atoms with Gasteiger partial charge in [-0.05, 0) is 24.6 Å². The Morgan fingerprint density at radius 1 is 1.44 bits per heavy atom. The number of carbonyl (C=O) groups excluding carboxylic acids is 1. The van der Waals surface area contributed by atoms with Gasteiger partial charge in [0, 0.05) is 18.7 Å². The lowest BCUT2D eigenvalue weighted by atomic mass is 10.2. The second-order valence-electron chi connectivity index (χ2n) is 3.68. The number of amides is 1. The van der Waals surface area contributed by atoms with E-state index in [0.717, 1.165) is 0 Å². The summed E-state index contributed by atoms with van der Waals surface area (Å²) in [4.78, 5) is 11.5. The lowest BCUT2D eigenvalue weighted by Gasteiger charge is -2.05. The average molecular weight is 248 g/mol. The molecule has 5 heteroatoms. The molecule has 0 atom stereocenters. The van der Waals surface area contributed by atoms with Gasteiger partial charge in [0.05, 0.1) is 24.8 Å². The second kappa shape index (κ2) is 8.23. The number of hydrogen-bond donors (Lipinski definition) is 2. The monoisotopic (exact) mass is 248 g/mol. The maximum Gasteiger partial charge on any atom is 0.224 e. The van der Waals surface area contributed by atoms with Gasteiger partial charge in [-0.2, -0.15) is 5.26 Å². The minimum Gasteiger partial charge on any atom is -0.394 e. The van der Waals surface area contributed by atoms with Gasteiger partial charge in [0.1, 0.15) is 0 Å². The Morgan fingerprint density at radius 2 is 2.28 bits per heavy atom. The highest BCUT2D eigenvalue weighted by Crippen LogP contribution is 2.10. The maximum atomic E-state index is 11.5. The topological polar surface area (TPSA) is 82.4 Å². The Kier molecular flexibility index (Phi) is 6.47. The molecule has 2 N–H and O–H groups in total. The molecule has 0 saturated carbocycles. The van der Waals surface area contributed by atoms with E-state index in [1.165, 1.54) is 0 Å². The molecule has 0 unspecified atom stereocenters. The maximum absolute atomic E-state index is 11.5. The first kappa shape index (κ1) is 14.2. The number of aliphatic hydroxyl groups excluding tert-OH is 1. The van der Waals surface area contributed by atoms with Crippen LogP contribution in [-0.2, 0) is 9.53 Å². The average Bonchev–Trinajstić information content (AvgIpc) is 2.38. The number of anilines is 1. The van der Waals surface area contributed by atoms with Crippen molar-refractivity contribution in [2.75, 3.05) is 25.1 Å². The zero-order valence-electron chi connectivity index (χ0n) is 10.1. The molecule has 0 fully saturated rings. The van der Waals surface area contributed by atoms with Gasteiger partial charge in [0.2, 0.25) is 5.91 Å². The molecule has 0 saturated heterocycles. The van der Waals surface area contributed by atoms with E-state index in [-0.39, 0.29) is 12.5 Å². The van der Waals surface area contributed by atoms with E-state index >= 15 is 0 Å². The van der Waals surface area contributed by atoms with E-state index in [1.807, 2.05) is 6.07 Å². The lowest BCUT2D eigenvalue weighted by molar-refractivity contribution is -0.116. The minimum atomic E-state index is -0.113. The number of benzene rings is 1. The Bertz CT molecular complexity index is 426. The molecule has 18 heavy (non-hydrogen) atoms. The normalized spacial score (nSPS) is 9.78. The van der Waals surface area contributed by atoms with Gasteiger partial charge >= 0.3 is 0 Å². The first-order valence-corrected chi connectivity index (χ1v) is 5.75. The summed E-state index contributed by atoms with van der Waals surface area (Å²) in [5, 5.41) is 19.9. The van der Waals surface area contributed by atoms with Crippen LogP contribution in [0.25, 0.3) is 0 Å². The van der Waals surface area contributed by atoms with Gasteiger partial charge in [-0.3, -0.25) is 4.79 Å². The number of carbonyl (C=O) groups is 1. The van der Waals surface area contributed by atoms with Crippen molar-refractivity contribution in [1.82, 2.24) is 0 Å². The van der Waals surface area contributed by atoms with Gasteiger partial charge in [-0.25, -0.2) is 0 Å². The molecule has 0 aromatic heterocycles. The van der Waals surface area contributed by atoms with E-state index in [1.54, 1.807) is 24.3 Å². The minimum absolute atomic E-state index is 0.00680. The van der Waals surface area contributed by atoms with Crippen molar-refractivity contribution >= 4 is 11.6 Å². The fourth-order valence-electron chi connectivity index (χ4n) is 1.39. The summed E-state index contributed by atoms with van der Waals surface area (Å²) in [6, 6.07) is 8.77. The molecule has 1 rings (SSSR count). The van der Waals surface area contributed by atoms with E-state index < -0.39 is 0 Å². The van der Waals surface area contributed by atoms with E-state index in [0.29, 0.717) is 37.3 Å². The SMILES string of the molecule is N#Cc1cccc(NC(=O)CCCOCCO)c1. The summed E-state index contributed by atoms with van der Waals surface area (Å²) in [5.74, 6) is -0.113. The van der Waals surface area contributed by atoms with Crippen LogP contribution in [0.4, 0.5) is 5.69 Å². The Labute approximate surface area is 106 Å². The van der Waals surface area contributed by atoms with Gasteiger partial charge in [-0.1, -0.05) is 6.07 Å². The molecule has 0 aliphatic rings. The molecule has 1 amide bonds. The second-order valence-corrected chi connectivity index (χ2v) is 3.68. The predicted octanol–water partition coefficient (Wildman–Crippen LogP) is 1.29. The number of hydrogen-bond acceptors (Lipinski definition) is 4. The molecule has 1 aromatic rings. The van der Waals surface area contributed by atoms with Crippen molar-refractivity contribution in [2.24, 2.45) is 0 Å². The van der Waals surface area contributed by atoms with Crippen molar-refractivity contribution in [3.05, 3.63) is 29.8 Å². The summed E-state index contributed by atoms with van der Waals surface area (Å²) >= 11 is 0. The quantitative estimate of drug-likeness (QED) is 0.712. The highest BCUT2D eigenvalue weighted by molar-refractivity contribution is 5.90. The summed E-state index contributed by atoms with van der Waals surface area (Å²) in [5.41, 5.74) is 1.13. The molecule has 0 spiro atoms. The van der Waals surface area contributed by atoms with E-state index in [4.69, 9.17) is 15.1 Å². The number of nitriles is 1. The molecule has 0 bridgehead atoms. The predicted molar refractivity (Wildman–Crippen MR) is 66.9 cm³/mol. The van der Waals surface area contributed by atoms with E-state index in [2.05, 4.69) is 5.32 Å². The molecule has 1 aromatic carbocycles. The largest absolute Gasteiger partial charge is 0.394 e. The summed E-state index contributed by atoms with van der Waals surface area (Å²) in [7, 11) is 0. The van der Waals surface area contributed by atoms with Gasteiger partial charge in [0.25, 0.3) is 0 Å². The van der Waals surface area contributed by atoms with Gasteiger partial charge in [0.15, 0.2) is 0 Å². The van der Waals surface area contributed by atoms with Crippen LogP contribution in [0.1, 0.15) is 18.4 Å². The van der Waals surface area contributed by atoms with Crippen LogP contribution < -0.4 is 5.32 Å². The summed E-state index contributed by atoms with van der Waals surface area (Å²) < 4.78 is 5.05. The van der Waals surface area contributed by atoms with Crippen molar-refractivity contribution in [1.29, 1.82) is 5.26 Å². The van der Waals surface area contributed by atoms with Crippen LogP contribution in [0, 0.1) is 11.3 Å². The molecule has 0 aliphatic carbocycles. The van der Waals surface area contributed by atoms with E-state index in [9.17, 15) is 4.79 Å². The number of aliphatic hydroxyl groups is 1. The van der Waals surface area contributed by atoms with Crippen molar-refractivity contribution in [3.63, 3.8) is 0 Å². The van der Waals surface area contributed by atoms with Gasteiger partial charge in [-0.15, -0.1) is 0 Å². The standard InChI is InChI=1S/C13H16N2O3/c14-10-11-3-1-4-12(9-11)15-13(17)5-2-7-18-8-6-16/h1,3-4,9,16H,2,5-8H2,(H,15,17). The molecule has 0 radical (unpaired) electrons. The first-order valence-electron chi connectivity index (χ1n) is 5.75. The molecular formula is C13H16N2O3. The zero-order valence-corrected chi connectivity index (χ0v) is 10.1. The summed E-state index contributed by atoms with van der Waals surface area (Å²) in [6.45, 7) is 0.741. The number of nitrogens with zero attached hydrogens (tertiary/aromatic N) is 1. The highest BCUT2D eigenvalue weighted by Gasteiger charge is 2.02. The van der Waals surface area contributed by atoms with Gasteiger partial charge < -0.3 is 15.2 Å². The Balaban J connectivity index is 2.29. The Morgan fingerprint density at radius 3 is 3.00 bits per heavy atom. The summed E-state index contributed by atoms with van der Waals surface area (Å²) in [6.07, 6.45) is 0.950. The third-order valence-electron chi connectivity index (χ3n) is 2.20. The van der Waals surface area contributed by atoms with Crippen LogP contribution in [0.3, 0.4) is 0 Å². The zero-order chi connectivity index (χ0) is 13.2. The van der Waals surface area contributed by atoms with Crippen LogP contribution in [0.5, 0.6) is 0 Å². The highest BCUT2D eigenvalue weighted by atomic mass is 16.5. The third kappa shape index (κ3) is 5.43. The first-order chi connectivity index (χ1) is 8.76. The fraction of sp³-hybridized carbons (Fsp3) is 0.385. The molecule has 96 valence electrons. The van der Waals surface area contributed by atoms with Crippen LogP contribution in [0.15, 0.2) is 24.3 Å². The molecule has 0 heterocycles. The van der Waals surface area contributed by atoms with Crippen molar-refractivity contribution in [3.8, 4) is 6.07 Å². The molecular weight excluding hydrogens is 232 g/mol. The van der Waals surface area contributed by atoms with Crippen LogP contribution in [-0.4, -0.2) is 30.8 Å². The lowest BCUT2D eigenvalue weighted by Crippen LogP contribution is -2.12. The van der Waals surface area contributed by atoms with Crippen molar-refractivity contribution in [2.45, 2.75) is 12.8 Å². The third-order valence-corrected chi connectivity index (χ3v) is 2.20. The number of rotatable bonds is 7. The fourth-order valence-corrected chi connectivity index (χ4v) is 1.39. The number of ether oxygens (including phenoxy) is 1. The smallest absolute Gasteiger partial charge is 0.224 e.